The number of rotatable bonds is 3. The Hall–Kier alpha value is -2.02. The number of halogens is 1. The van der Waals surface area contributed by atoms with Crippen LogP contribution >= 0.6 is 0 Å². The Kier molecular flexibility index (Phi) is 4.29. The summed E-state index contributed by atoms with van der Waals surface area (Å²) in [5.74, 6) is -1.30. The molecule has 0 aliphatic carbocycles. The largest absolute Gasteiger partial charge is 0.339 e. The quantitative estimate of drug-likeness (QED) is 0.674. The van der Waals surface area contributed by atoms with E-state index >= 15 is 0 Å². The number of nitro groups is 1. The lowest BCUT2D eigenvalue weighted by Gasteiger charge is -2.31. The van der Waals surface area contributed by atoms with Crippen LogP contribution in [-0.4, -0.2) is 41.9 Å². The highest BCUT2D eigenvalue weighted by molar-refractivity contribution is 5.94. The van der Waals surface area contributed by atoms with Gasteiger partial charge in [-0.3, -0.25) is 14.9 Å². The van der Waals surface area contributed by atoms with Gasteiger partial charge >= 0.3 is 0 Å². The normalized spacial score (nSPS) is 15.9. The molecular weight excluding hydrogens is 265 g/mol. The highest BCUT2D eigenvalue weighted by atomic mass is 19.1. The van der Waals surface area contributed by atoms with Crippen molar-refractivity contribution in [1.82, 2.24) is 10.2 Å². The van der Waals surface area contributed by atoms with E-state index in [0.717, 1.165) is 38.1 Å². The summed E-state index contributed by atoms with van der Waals surface area (Å²) in [6, 6.07) is 3.17. The van der Waals surface area contributed by atoms with Crippen LogP contribution in [0.1, 0.15) is 23.2 Å². The summed E-state index contributed by atoms with van der Waals surface area (Å²) in [6.45, 7) is 1.65. The van der Waals surface area contributed by atoms with Gasteiger partial charge in [0.2, 0.25) is 0 Å². The standard InChI is InChI=1S/C13H16FN3O3/c1-16(9-4-6-15-7-5-9)13(18)11-3-2-10(17(19)20)8-12(11)14/h2-3,8-9,15H,4-7H2,1H3. The number of non-ortho nitro benzene ring substituents is 1. The highest BCUT2D eigenvalue weighted by Gasteiger charge is 2.25. The molecule has 0 atom stereocenters. The predicted molar refractivity (Wildman–Crippen MR) is 71.0 cm³/mol. The molecule has 0 unspecified atom stereocenters. The predicted octanol–water partition coefficient (Wildman–Crippen LogP) is 1.56. The van der Waals surface area contributed by atoms with Crippen molar-refractivity contribution in [3.63, 3.8) is 0 Å². The number of amides is 1. The summed E-state index contributed by atoms with van der Waals surface area (Å²) in [7, 11) is 1.64. The van der Waals surface area contributed by atoms with Crippen LogP contribution in [-0.2, 0) is 0 Å². The molecule has 6 nitrogen and oxygen atoms in total. The molecule has 0 spiro atoms. The van der Waals surface area contributed by atoms with Crippen molar-refractivity contribution < 1.29 is 14.1 Å². The van der Waals surface area contributed by atoms with Crippen molar-refractivity contribution in [2.45, 2.75) is 18.9 Å². The molecule has 0 radical (unpaired) electrons. The summed E-state index contributed by atoms with van der Waals surface area (Å²) in [5.41, 5.74) is -0.486. The molecule has 108 valence electrons. The first-order chi connectivity index (χ1) is 9.50. The monoisotopic (exact) mass is 281 g/mol. The van der Waals surface area contributed by atoms with Gasteiger partial charge in [0.05, 0.1) is 16.6 Å². The van der Waals surface area contributed by atoms with Gasteiger partial charge < -0.3 is 10.2 Å². The number of carbonyl (C=O) groups is 1. The van der Waals surface area contributed by atoms with Crippen LogP contribution in [0, 0.1) is 15.9 Å². The lowest BCUT2D eigenvalue weighted by atomic mass is 10.0. The minimum Gasteiger partial charge on any atom is -0.339 e. The second-order valence-corrected chi connectivity index (χ2v) is 4.82. The zero-order valence-electron chi connectivity index (χ0n) is 11.1. The SMILES string of the molecule is CN(C(=O)c1ccc([N+](=O)[O-])cc1F)C1CCNCC1. The molecule has 0 aromatic heterocycles. The topological polar surface area (TPSA) is 75.5 Å². The van der Waals surface area contributed by atoms with Gasteiger partial charge in [0, 0.05) is 19.2 Å². The van der Waals surface area contributed by atoms with E-state index in [0.29, 0.717) is 0 Å². The average Bonchev–Trinajstić information content (AvgIpc) is 2.46. The number of nitrogens with one attached hydrogen (secondary N) is 1. The number of piperidine rings is 1. The van der Waals surface area contributed by atoms with Gasteiger partial charge in [0.15, 0.2) is 0 Å². The Bertz CT molecular complexity index is 530. The van der Waals surface area contributed by atoms with Crippen molar-refractivity contribution >= 4 is 11.6 Å². The summed E-state index contributed by atoms with van der Waals surface area (Å²) >= 11 is 0. The van der Waals surface area contributed by atoms with Crippen molar-refractivity contribution in [1.29, 1.82) is 0 Å². The molecule has 1 aromatic rings. The molecular formula is C13H16FN3O3. The van der Waals surface area contributed by atoms with Crippen LogP contribution in [0.5, 0.6) is 0 Å². The van der Waals surface area contributed by atoms with Gasteiger partial charge in [0.1, 0.15) is 5.82 Å². The van der Waals surface area contributed by atoms with E-state index in [1.807, 2.05) is 0 Å². The Labute approximate surface area is 115 Å². The first kappa shape index (κ1) is 14.4. The van der Waals surface area contributed by atoms with Gasteiger partial charge in [-0.05, 0) is 32.0 Å². The van der Waals surface area contributed by atoms with E-state index < -0.39 is 16.6 Å². The van der Waals surface area contributed by atoms with Crippen molar-refractivity contribution in [3.05, 3.63) is 39.7 Å². The van der Waals surface area contributed by atoms with Gasteiger partial charge in [-0.15, -0.1) is 0 Å². The molecule has 1 saturated heterocycles. The molecule has 1 aliphatic heterocycles. The molecule has 1 amide bonds. The Morgan fingerprint density at radius 2 is 2.10 bits per heavy atom. The molecule has 1 N–H and O–H groups in total. The Balaban J connectivity index is 2.17. The fraction of sp³-hybridized carbons (Fsp3) is 0.462. The summed E-state index contributed by atoms with van der Waals surface area (Å²) in [5, 5.41) is 13.7. The smallest absolute Gasteiger partial charge is 0.272 e. The number of nitrogens with zero attached hydrogens (tertiary/aromatic N) is 2. The van der Waals surface area contributed by atoms with E-state index in [1.165, 1.54) is 11.0 Å². The van der Waals surface area contributed by atoms with E-state index in [1.54, 1.807) is 7.05 Å². The number of carbonyl (C=O) groups excluding carboxylic acids is 1. The lowest BCUT2D eigenvalue weighted by molar-refractivity contribution is -0.385. The minimum absolute atomic E-state index is 0.0679. The third-order valence-electron chi connectivity index (χ3n) is 3.57. The summed E-state index contributed by atoms with van der Waals surface area (Å²) < 4.78 is 13.8. The second-order valence-electron chi connectivity index (χ2n) is 4.82. The molecule has 1 heterocycles. The number of benzene rings is 1. The van der Waals surface area contributed by atoms with Gasteiger partial charge in [-0.2, -0.15) is 0 Å². The zero-order chi connectivity index (χ0) is 14.7. The van der Waals surface area contributed by atoms with Gasteiger partial charge in [-0.25, -0.2) is 4.39 Å². The molecule has 1 aromatic carbocycles. The number of hydrogen-bond donors (Lipinski definition) is 1. The maximum Gasteiger partial charge on any atom is 0.272 e. The highest BCUT2D eigenvalue weighted by Crippen LogP contribution is 2.20. The number of hydrogen-bond acceptors (Lipinski definition) is 4. The van der Waals surface area contributed by atoms with E-state index in [9.17, 15) is 19.3 Å². The molecule has 20 heavy (non-hydrogen) atoms. The minimum atomic E-state index is -0.856. The van der Waals surface area contributed by atoms with E-state index in [2.05, 4.69) is 5.32 Å². The van der Waals surface area contributed by atoms with Crippen LogP contribution in [0.3, 0.4) is 0 Å². The number of nitro benzene ring substituents is 1. The second kappa shape index (κ2) is 5.96. The summed E-state index contributed by atoms with van der Waals surface area (Å²) in [4.78, 5) is 23.6. The Morgan fingerprint density at radius 1 is 1.45 bits per heavy atom. The summed E-state index contributed by atoms with van der Waals surface area (Å²) in [6.07, 6.45) is 1.63. The van der Waals surface area contributed by atoms with E-state index in [4.69, 9.17) is 0 Å². The van der Waals surface area contributed by atoms with Crippen LogP contribution in [0.25, 0.3) is 0 Å². The fourth-order valence-electron chi connectivity index (χ4n) is 2.34. The average molecular weight is 281 g/mol. The van der Waals surface area contributed by atoms with Crippen molar-refractivity contribution in [2.75, 3.05) is 20.1 Å². The van der Waals surface area contributed by atoms with Crippen molar-refractivity contribution in [2.24, 2.45) is 0 Å². The first-order valence-corrected chi connectivity index (χ1v) is 6.42. The fourth-order valence-corrected chi connectivity index (χ4v) is 2.34. The van der Waals surface area contributed by atoms with Crippen LogP contribution in [0.2, 0.25) is 0 Å². The molecule has 1 aliphatic rings. The van der Waals surface area contributed by atoms with Crippen LogP contribution in [0.4, 0.5) is 10.1 Å². The molecule has 0 bridgehead atoms. The maximum absolute atomic E-state index is 13.8. The van der Waals surface area contributed by atoms with Gasteiger partial charge in [-0.1, -0.05) is 0 Å². The van der Waals surface area contributed by atoms with Crippen molar-refractivity contribution in [3.8, 4) is 0 Å². The van der Waals surface area contributed by atoms with Crippen LogP contribution < -0.4 is 5.32 Å². The third kappa shape index (κ3) is 2.93. The van der Waals surface area contributed by atoms with Gasteiger partial charge in [0.25, 0.3) is 11.6 Å². The molecule has 2 rings (SSSR count). The molecule has 1 fully saturated rings. The molecule has 0 saturated carbocycles. The van der Waals surface area contributed by atoms with E-state index in [-0.39, 0.29) is 17.3 Å². The Morgan fingerprint density at radius 3 is 2.65 bits per heavy atom. The third-order valence-corrected chi connectivity index (χ3v) is 3.57. The first-order valence-electron chi connectivity index (χ1n) is 6.42. The lowest BCUT2D eigenvalue weighted by Crippen LogP contribution is -2.44. The van der Waals surface area contributed by atoms with Crippen LogP contribution in [0.15, 0.2) is 18.2 Å². The molecule has 7 heteroatoms. The maximum atomic E-state index is 13.8. The zero-order valence-corrected chi connectivity index (χ0v) is 11.1.